The van der Waals surface area contributed by atoms with Gasteiger partial charge < -0.3 is 31.6 Å². The Morgan fingerprint density at radius 2 is 1.38 bits per heavy atom. The highest BCUT2D eigenvalue weighted by Crippen LogP contribution is 2.10. The number of carbonyl (C=O) groups is 4. The SMILES string of the molecule is CSCC[C@H]([NH3+])C(=O)N[C@@H](CC(C)C)C(=O)N[C@@H](Cc1ccccc1)C(=O)NCc1ccccc1C.O=C([O-])c1ccccc1. The number of quaternary nitrogens is 1. The Balaban J connectivity index is 0.000000669. The van der Waals surface area contributed by atoms with E-state index in [4.69, 9.17) is 0 Å². The summed E-state index contributed by atoms with van der Waals surface area (Å²) in [5, 5.41) is 18.9. The molecule has 0 aromatic heterocycles. The third-order valence-corrected chi connectivity index (χ3v) is 7.66. The van der Waals surface area contributed by atoms with Gasteiger partial charge in [-0.25, -0.2) is 0 Å². The van der Waals surface area contributed by atoms with E-state index in [0.29, 0.717) is 25.8 Å². The predicted octanol–water partition coefficient (Wildman–Crippen LogP) is 2.28. The predicted molar refractivity (Wildman–Crippen MR) is 177 cm³/mol. The molecular formula is C35H46N4O5S. The van der Waals surface area contributed by atoms with E-state index < -0.39 is 24.1 Å². The summed E-state index contributed by atoms with van der Waals surface area (Å²) in [5.41, 5.74) is 7.22. The largest absolute Gasteiger partial charge is 0.545 e. The lowest BCUT2D eigenvalue weighted by atomic mass is 10.0. The van der Waals surface area contributed by atoms with Crippen molar-refractivity contribution in [3.05, 3.63) is 107 Å². The van der Waals surface area contributed by atoms with Crippen molar-refractivity contribution in [1.29, 1.82) is 0 Å². The number of thioether (sulfide) groups is 1. The lowest BCUT2D eigenvalue weighted by molar-refractivity contribution is -0.404. The molecule has 3 aromatic carbocycles. The van der Waals surface area contributed by atoms with Gasteiger partial charge in [0.1, 0.15) is 12.1 Å². The molecule has 0 fully saturated rings. The van der Waals surface area contributed by atoms with Crippen LogP contribution in [0.2, 0.25) is 0 Å². The molecule has 0 aliphatic rings. The van der Waals surface area contributed by atoms with Crippen LogP contribution in [0.15, 0.2) is 84.9 Å². The van der Waals surface area contributed by atoms with Gasteiger partial charge in [-0.05, 0) is 53.5 Å². The van der Waals surface area contributed by atoms with Crippen LogP contribution in [-0.2, 0) is 27.3 Å². The Morgan fingerprint density at radius 3 is 1.93 bits per heavy atom. The van der Waals surface area contributed by atoms with Crippen LogP contribution in [0.25, 0.3) is 0 Å². The van der Waals surface area contributed by atoms with Crippen LogP contribution >= 0.6 is 11.8 Å². The van der Waals surface area contributed by atoms with Gasteiger partial charge in [0.05, 0.1) is 5.97 Å². The highest BCUT2D eigenvalue weighted by Gasteiger charge is 2.29. The summed E-state index contributed by atoms with van der Waals surface area (Å²) < 4.78 is 0. The Bertz CT molecular complexity index is 1350. The van der Waals surface area contributed by atoms with Gasteiger partial charge in [0.15, 0.2) is 6.04 Å². The molecule has 0 aliphatic heterocycles. The fourth-order valence-corrected chi connectivity index (χ4v) is 4.92. The maximum Gasteiger partial charge on any atom is 0.278 e. The maximum atomic E-state index is 13.4. The number of benzene rings is 3. The van der Waals surface area contributed by atoms with Gasteiger partial charge in [-0.3, -0.25) is 14.4 Å². The van der Waals surface area contributed by atoms with Crippen LogP contribution in [0.4, 0.5) is 0 Å². The van der Waals surface area contributed by atoms with Crippen molar-refractivity contribution in [3.63, 3.8) is 0 Å². The Morgan fingerprint density at radius 1 is 0.800 bits per heavy atom. The van der Waals surface area contributed by atoms with Crippen molar-refractivity contribution in [2.24, 2.45) is 5.92 Å². The van der Waals surface area contributed by atoms with Crippen LogP contribution in [0.1, 0.15) is 53.7 Å². The van der Waals surface area contributed by atoms with E-state index in [-0.39, 0.29) is 29.2 Å². The van der Waals surface area contributed by atoms with Gasteiger partial charge in [-0.15, -0.1) is 0 Å². The monoisotopic (exact) mass is 634 g/mol. The first-order valence-electron chi connectivity index (χ1n) is 15.1. The van der Waals surface area contributed by atoms with E-state index >= 15 is 0 Å². The Hall–Kier alpha value is -4.15. The molecule has 3 rings (SSSR count). The average Bonchev–Trinajstić information content (AvgIpc) is 3.03. The number of carbonyl (C=O) groups excluding carboxylic acids is 4. The van der Waals surface area contributed by atoms with Crippen LogP contribution in [0, 0.1) is 12.8 Å². The fraction of sp³-hybridized carbons (Fsp3) is 0.371. The lowest BCUT2D eigenvalue weighted by Gasteiger charge is -2.25. The molecule has 0 saturated heterocycles. The summed E-state index contributed by atoms with van der Waals surface area (Å²) in [6.07, 6.45) is 3.44. The number of carboxylic acids is 1. The standard InChI is InChI=1S/C28H40N4O3S.C7H6O2/c1-19(2)16-24(31-26(33)23(29)14-15-36-4)28(35)32-25(17-21-11-6-5-7-12-21)27(34)30-18-22-13-9-8-10-20(22)3;8-7(9)6-4-2-1-3-5-6/h5-13,19,23-25H,14-18,29H2,1-4H3,(H,30,34)(H,31,33)(H,32,35);1-5H,(H,8,9)/t23-,24-,25-;/m0./s1. The van der Waals surface area contributed by atoms with Crippen molar-refractivity contribution >= 4 is 35.5 Å². The molecule has 3 atom stereocenters. The second-order valence-electron chi connectivity index (χ2n) is 11.2. The summed E-state index contributed by atoms with van der Waals surface area (Å²) in [5.74, 6) is -0.994. The van der Waals surface area contributed by atoms with E-state index in [9.17, 15) is 24.3 Å². The maximum absolute atomic E-state index is 13.4. The normalized spacial score (nSPS) is 12.6. The molecule has 10 heteroatoms. The molecule has 3 amide bonds. The van der Waals surface area contributed by atoms with Gasteiger partial charge in [0.25, 0.3) is 5.91 Å². The zero-order valence-corrected chi connectivity index (χ0v) is 27.4. The van der Waals surface area contributed by atoms with Crippen LogP contribution in [-0.4, -0.2) is 53.8 Å². The highest BCUT2D eigenvalue weighted by atomic mass is 32.2. The minimum absolute atomic E-state index is 0.179. The first kappa shape index (κ1) is 37.0. The summed E-state index contributed by atoms with van der Waals surface area (Å²) in [4.78, 5) is 49.4. The van der Waals surface area contributed by atoms with Crippen molar-refractivity contribution in [3.8, 4) is 0 Å². The molecule has 45 heavy (non-hydrogen) atoms. The van der Waals surface area contributed by atoms with Gasteiger partial charge in [0.2, 0.25) is 11.8 Å². The number of hydrogen-bond acceptors (Lipinski definition) is 6. The van der Waals surface area contributed by atoms with Gasteiger partial charge in [-0.2, -0.15) is 11.8 Å². The zero-order chi connectivity index (χ0) is 33.2. The van der Waals surface area contributed by atoms with Crippen molar-refractivity contribution < 1.29 is 30.0 Å². The molecular weight excluding hydrogens is 588 g/mol. The quantitative estimate of drug-likeness (QED) is 0.201. The summed E-state index contributed by atoms with van der Waals surface area (Å²) in [7, 11) is 0. The number of aromatic carboxylic acids is 1. The second kappa shape index (κ2) is 20.0. The van der Waals surface area contributed by atoms with E-state index in [2.05, 4.69) is 21.7 Å². The van der Waals surface area contributed by atoms with Crippen molar-refractivity contribution in [2.75, 3.05) is 12.0 Å². The fourth-order valence-electron chi connectivity index (χ4n) is 4.40. The molecule has 0 aliphatic carbocycles. The summed E-state index contributed by atoms with van der Waals surface area (Å²) >= 11 is 1.66. The summed E-state index contributed by atoms with van der Waals surface area (Å²) in [6, 6.07) is 23.6. The second-order valence-corrected chi connectivity index (χ2v) is 12.2. The number of amides is 3. The van der Waals surface area contributed by atoms with Crippen LogP contribution in [0.3, 0.4) is 0 Å². The van der Waals surface area contributed by atoms with Crippen LogP contribution < -0.4 is 26.8 Å². The molecule has 3 aromatic rings. The molecule has 0 spiro atoms. The van der Waals surface area contributed by atoms with E-state index in [0.717, 1.165) is 22.4 Å². The first-order valence-corrected chi connectivity index (χ1v) is 16.5. The number of nitrogens with one attached hydrogen (secondary N) is 3. The molecule has 0 radical (unpaired) electrons. The van der Waals surface area contributed by atoms with E-state index in [1.54, 1.807) is 30.0 Å². The molecule has 9 nitrogen and oxygen atoms in total. The third kappa shape index (κ3) is 14.0. The minimum atomic E-state index is -1.13. The molecule has 0 heterocycles. The average molecular weight is 635 g/mol. The number of hydrogen-bond donors (Lipinski definition) is 4. The summed E-state index contributed by atoms with van der Waals surface area (Å²) in [6.45, 7) is 6.37. The minimum Gasteiger partial charge on any atom is -0.545 e. The number of aryl methyl sites for hydroxylation is 1. The van der Waals surface area contributed by atoms with Crippen molar-refractivity contribution in [2.45, 2.75) is 64.7 Å². The molecule has 0 bridgehead atoms. The lowest BCUT2D eigenvalue weighted by Crippen LogP contribution is -2.69. The smallest absolute Gasteiger partial charge is 0.278 e. The van der Waals surface area contributed by atoms with Crippen LogP contribution in [0.5, 0.6) is 0 Å². The molecule has 242 valence electrons. The van der Waals surface area contributed by atoms with Gasteiger partial charge >= 0.3 is 0 Å². The molecule has 6 N–H and O–H groups in total. The van der Waals surface area contributed by atoms with Gasteiger partial charge in [-0.1, -0.05) is 98.8 Å². The van der Waals surface area contributed by atoms with Gasteiger partial charge in [0, 0.05) is 19.4 Å². The first-order chi connectivity index (χ1) is 21.5. The number of rotatable bonds is 15. The van der Waals surface area contributed by atoms with Crippen molar-refractivity contribution in [1.82, 2.24) is 16.0 Å². The molecule has 0 saturated carbocycles. The highest BCUT2D eigenvalue weighted by molar-refractivity contribution is 7.98. The Kier molecular flexibility index (Phi) is 16.5. The number of carboxylic acid groups (broad SMARTS) is 1. The van der Waals surface area contributed by atoms with E-state index in [1.807, 2.05) is 81.6 Å². The topological polar surface area (TPSA) is 155 Å². The van der Waals surface area contributed by atoms with E-state index in [1.165, 1.54) is 12.1 Å². The molecule has 0 unspecified atom stereocenters. The Labute approximate surface area is 270 Å². The third-order valence-electron chi connectivity index (χ3n) is 7.02. The zero-order valence-electron chi connectivity index (χ0n) is 26.6.